The Hall–Kier alpha value is -3.46. The van der Waals surface area contributed by atoms with E-state index in [9.17, 15) is 14.4 Å². The van der Waals surface area contributed by atoms with E-state index in [1.807, 2.05) is 0 Å². The van der Waals surface area contributed by atoms with Crippen molar-refractivity contribution in [3.8, 4) is 11.3 Å². The Bertz CT molecular complexity index is 1020. The molecular weight excluding hydrogens is 376 g/mol. The fourth-order valence-electron chi connectivity index (χ4n) is 2.21. The second-order valence-electron chi connectivity index (χ2n) is 5.22. The first kappa shape index (κ1) is 18.3. The minimum Gasteiger partial charge on any atom is -0.462 e. The third-order valence-electron chi connectivity index (χ3n) is 3.43. The van der Waals surface area contributed by atoms with Crippen LogP contribution in [0.3, 0.4) is 0 Å². The molecule has 0 aliphatic heterocycles. The fraction of sp³-hybridized carbons (Fsp3) is 0.118. The number of nitrogens with one attached hydrogen (secondary N) is 2. The second-order valence-corrected chi connectivity index (χ2v) is 5.66. The molecule has 0 atom stereocenters. The standard InChI is InChI=1S/C17H13ClN4O5/c1-2-26-17(25)13-14(9-3-5-10(18)6-4-9)22-27-16(13)19-15(24)11-7-8-12(23)21-20-11/h3-8H,2H2,1H3,(H,19,24)(H,21,23). The number of carbonyl (C=O) groups excluding carboxylic acids is 2. The predicted molar refractivity (Wildman–Crippen MR) is 95.7 cm³/mol. The van der Waals surface area contributed by atoms with Gasteiger partial charge in [0.15, 0.2) is 5.56 Å². The van der Waals surface area contributed by atoms with Crippen molar-refractivity contribution in [2.24, 2.45) is 0 Å². The highest BCUT2D eigenvalue weighted by atomic mass is 35.5. The van der Waals surface area contributed by atoms with Crippen LogP contribution in [0.25, 0.3) is 11.3 Å². The summed E-state index contributed by atoms with van der Waals surface area (Å²) in [5.41, 5.74) is 0.165. The van der Waals surface area contributed by atoms with Gasteiger partial charge in [0.1, 0.15) is 11.4 Å². The van der Waals surface area contributed by atoms with Crippen molar-refractivity contribution in [2.45, 2.75) is 6.92 Å². The first-order valence-electron chi connectivity index (χ1n) is 7.79. The molecule has 0 spiro atoms. The van der Waals surface area contributed by atoms with Crippen LogP contribution in [0, 0.1) is 0 Å². The molecular formula is C17H13ClN4O5. The van der Waals surface area contributed by atoms with E-state index < -0.39 is 17.4 Å². The molecule has 0 unspecified atom stereocenters. The zero-order valence-electron chi connectivity index (χ0n) is 14.0. The van der Waals surface area contributed by atoms with Crippen molar-refractivity contribution < 1.29 is 18.8 Å². The van der Waals surface area contributed by atoms with E-state index in [0.29, 0.717) is 10.6 Å². The number of hydrogen-bond acceptors (Lipinski definition) is 7. The average molecular weight is 389 g/mol. The SMILES string of the molecule is CCOC(=O)c1c(-c2ccc(Cl)cc2)noc1NC(=O)c1ccc(=O)[nH]n1. The molecule has 1 amide bonds. The van der Waals surface area contributed by atoms with E-state index in [2.05, 4.69) is 20.7 Å². The van der Waals surface area contributed by atoms with Crippen molar-refractivity contribution in [3.63, 3.8) is 0 Å². The number of amides is 1. The number of carbonyl (C=O) groups is 2. The van der Waals surface area contributed by atoms with Crippen molar-refractivity contribution in [1.82, 2.24) is 15.4 Å². The van der Waals surface area contributed by atoms with Gasteiger partial charge in [0, 0.05) is 16.7 Å². The normalized spacial score (nSPS) is 10.4. The van der Waals surface area contributed by atoms with Crippen molar-refractivity contribution in [3.05, 3.63) is 63.0 Å². The molecule has 9 nitrogen and oxygen atoms in total. The smallest absolute Gasteiger partial charge is 0.346 e. The molecule has 0 aliphatic rings. The van der Waals surface area contributed by atoms with Gasteiger partial charge in [0.25, 0.3) is 11.5 Å². The van der Waals surface area contributed by atoms with Gasteiger partial charge in [-0.2, -0.15) is 5.10 Å². The van der Waals surface area contributed by atoms with E-state index in [1.165, 1.54) is 6.07 Å². The molecule has 1 aromatic carbocycles. The summed E-state index contributed by atoms with van der Waals surface area (Å²) in [5, 5.41) is 12.5. The van der Waals surface area contributed by atoms with Crippen molar-refractivity contribution >= 4 is 29.4 Å². The molecule has 138 valence electrons. The Morgan fingerprint density at radius 3 is 2.59 bits per heavy atom. The third-order valence-corrected chi connectivity index (χ3v) is 3.68. The van der Waals surface area contributed by atoms with Crippen LogP contribution in [0.15, 0.2) is 45.7 Å². The highest BCUT2D eigenvalue weighted by Gasteiger charge is 2.27. The first-order valence-corrected chi connectivity index (χ1v) is 8.17. The van der Waals surface area contributed by atoms with Gasteiger partial charge in [-0.1, -0.05) is 28.9 Å². The lowest BCUT2D eigenvalue weighted by Gasteiger charge is -2.05. The summed E-state index contributed by atoms with van der Waals surface area (Å²) < 4.78 is 10.2. The highest BCUT2D eigenvalue weighted by Crippen LogP contribution is 2.30. The topological polar surface area (TPSA) is 127 Å². The van der Waals surface area contributed by atoms with E-state index in [0.717, 1.165) is 6.07 Å². The molecule has 0 saturated heterocycles. The quantitative estimate of drug-likeness (QED) is 0.642. The number of ether oxygens (including phenoxy) is 1. The van der Waals surface area contributed by atoms with Gasteiger partial charge in [-0.3, -0.25) is 14.9 Å². The molecule has 2 aromatic heterocycles. The lowest BCUT2D eigenvalue weighted by atomic mass is 10.1. The number of hydrogen-bond donors (Lipinski definition) is 2. The minimum atomic E-state index is -0.714. The number of H-pyrrole nitrogens is 1. The van der Waals surface area contributed by atoms with Crippen LogP contribution < -0.4 is 10.9 Å². The van der Waals surface area contributed by atoms with Gasteiger partial charge in [-0.15, -0.1) is 0 Å². The van der Waals surface area contributed by atoms with Gasteiger partial charge in [-0.25, -0.2) is 9.89 Å². The summed E-state index contributed by atoms with van der Waals surface area (Å²) in [7, 11) is 0. The van der Waals surface area contributed by atoms with Gasteiger partial charge in [0.05, 0.1) is 6.61 Å². The summed E-state index contributed by atoms with van der Waals surface area (Å²) >= 11 is 5.88. The van der Waals surface area contributed by atoms with Gasteiger partial charge in [0.2, 0.25) is 5.88 Å². The molecule has 0 fully saturated rings. The monoisotopic (exact) mass is 388 g/mol. The van der Waals surface area contributed by atoms with Crippen LogP contribution in [-0.4, -0.2) is 33.8 Å². The summed E-state index contributed by atoms with van der Waals surface area (Å²) in [4.78, 5) is 35.7. The molecule has 0 saturated carbocycles. The molecule has 2 heterocycles. The third kappa shape index (κ3) is 4.04. The lowest BCUT2D eigenvalue weighted by molar-refractivity contribution is 0.0528. The molecule has 10 heteroatoms. The zero-order valence-corrected chi connectivity index (χ0v) is 14.7. The van der Waals surface area contributed by atoms with E-state index >= 15 is 0 Å². The Morgan fingerprint density at radius 1 is 1.22 bits per heavy atom. The maximum Gasteiger partial charge on any atom is 0.346 e. The summed E-state index contributed by atoms with van der Waals surface area (Å²) in [5.74, 6) is -1.61. The number of esters is 1. The average Bonchev–Trinajstić information content (AvgIpc) is 3.06. The summed E-state index contributed by atoms with van der Waals surface area (Å²) in [6.45, 7) is 1.77. The number of rotatable bonds is 5. The second kappa shape index (κ2) is 7.83. The number of anilines is 1. The number of aromatic nitrogens is 3. The van der Waals surface area contributed by atoms with Crippen LogP contribution in [0.1, 0.15) is 27.8 Å². The van der Waals surface area contributed by atoms with E-state index in [4.69, 9.17) is 20.9 Å². The number of benzene rings is 1. The van der Waals surface area contributed by atoms with Gasteiger partial charge < -0.3 is 9.26 Å². The van der Waals surface area contributed by atoms with Crippen molar-refractivity contribution in [1.29, 1.82) is 0 Å². The Morgan fingerprint density at radius 2 is 1.96 bits per heavy atom. The molecule has 0 bridgehead atoms. The molecule has 0 aliphatic carbocycles. The van der Waals surface area contributed by atoms with Crippen LogP contribution in [-0.2, 0) is 4.74 Å². The molecule has 0 radical (unpaired) electrons. The lowest BCUT2D eigenvalue weighted by Crippen LogP contribution is -2.19. The minimum absolute atomic E-state index is 0.0445. The number of halogens is 1. The Labute approximate surface area is 157 Å². The highest BCUT2D eigenvalue weighted by molar-refractivity contribution is 6.30. The van der Waals surface area contributed by atoms with Crippen molar-refractivity contribution in [2.75, 3.05) is 11.9 Å². The number of nitrogens with zero attached hydrogens (tertiary/aromatic N) is 2. The van der Waals surface area contributed by atoms with Crippen LogP contribution in [0.4, 0.5) is 5.88 Å². The molecule has 3 aromatic rings. The number of aromatic amines is 1. The maximum absolute atomic E-state index is 12.4. The van der Waals surface area contributed by atoms with E-state index in [-0.39, 0.29) is 29.4 Å². The molecule has 27 heavy (non-hydrogen) atoms. The van der Waals surface area contributed by atoms with Crippen LogP contribution in [0.5, 0.6) is 0 Å². The first-order chi connectivity index (χ1) is 13.0. The zero-order chi connectivity index (χ0) is 19.4. The largest absolute Gasteiger partial charge is 0.462 e. The predicted octanol–water partition coefficient (Wildman–Crippen LogP) is 2.51. The fourth-order valence-corrected chi connectivity index (χ4v) is 2.34. The van der Waals surface area contributed by atoms with E-state index in [1.54, 1.807) is 31.2 Å². The Kier molecular flexibility index (Phi) is 5.32. The summed E-state index contributed by atoms with van der Waals surface area (Å²) in [6.07, 6.45) is 0. The molecule has 2 N–H and O–H groups in total. The maximum atomic E-state index is 12.4. The summed E-state index contributed by atoms with van der Waals surface area (Å²) in [6, 6.07) is 8.93. The van der Waals surface area contributed by atoms with Crippen LogP contribution in [0.2, 0.25) is 5.02 Å². The van der Waals surface area contributed by atoms with Gasteiger partial charge in [-0.05, 0) is 25.1 Å². The molecule has 3 rings (SSSR count). The van der Waals surface area contributed by atoms with Gasteiger partial charge >= 0.3 is 5.97 Å². The Balaban J connectivity index is 1.98. The van der Waals surface area contributed by atoms with Crippen LogP contribution >= 0.6 is 11.6 Å².